The lowest BCUT2D eigenvalue weighted by atomic mass is 9.83. The molecule has 0 spiro atoms. The normalized spacial score (nSPS) is 44.2. The van der Waals surface area contributed by atoms with Crippen molar-refractivity contribution in [2.24, 2.45) is 29.4 Å². The number of allylic oxidation sites excluding steroid dienone is 12. The molecule has 0 saturated carbocycles. The maximum Gasteiger partial charge on any atom is 0.311 e. The van der Waals surface area contributed by atoms with Crippen LogP contribution in [0.4, 0.5) is 0 Å². The van der Waals surface area contributed by atoms with Gasteiger partial charge in [-0.05, 0) is 51.9 Å². The highest BCUT2D eigenvalue weighted by Crippen LogP contribution is 2.38. The number of nitrogens with two attached hydrogens (primary N) is 1. The van der Waals surface area contributed by atoms with Gasteiger partial charge in [-0.15, -0.1) is 0 Å². The first-order valence-corrected chi connectivity index (χ1v) is 22.5. The van der Waals surface area contributed by atoms with Crippen LogP contribution in [0.5, 0.6) is 0 Å². The Labute approximate surface area is 385 Å². The van der Waals surface area contributed by atoms with Crippen molar-refractivity contribution >= 4 is 11.9 Å². The fourth-order valence-corrected chi connectivity index (χ4v) is 8.06. The van der Waals surface area contributed by atoms with E-state index >= 15 is 0 Å². The number of carbonyl (C=O) groups is 2. The molecule has 18 atom stereocenters. The molecule has 5 unspecified atom stereocenters. The Morgan fingerprint density at radius 3 is 1.77 bits per heavy atom. The third-order valence-electron chi connectivity index (χ3n) is 12.4. The van der Waals surface area contributed by atoms with Crippen LogP contribution in [0.2, 0.25) is 0 Å². The predicted octanol–water partition coefficient (Wildman–Crippen LogP) is 3.65. The molecule has 3 rings (SSSR count). The van der Waals surface area contributed by atoms with Crippen molar-refractivity contribution < 1.29 is 74.5 Å². The topological polar surface area (TPSA) is 279 Å². The van der Waals surface area contributed by atoms with E-state index in [1.165, 1.54) is 0 Å². The van der Waals surface area contributed by atoms with Crippen molar-refractivity contribution in [3.05, 3.63) is 85.1 Å². The van der Waals surface area contributed by atoms with Gasteiger partial charge in [0.15, 0.2) is 12.1 Å². The molecular weight excluding hydrogens is 843 g/mol. The predicted molar refractivity (Wildman–Crippen MR) is 245 cm³/mol. The summed E-state index contributed by atoms with van der Waals surface area (Å²) in [6, 6.07) is -0.681. The highest BCUT2D eigenvalue weighted by molar-refractivity contribution is 5.71. The van der Waals surface area contributed by atoms with E-state index in [2.05, 4.69) is 0 Å². The molecule has 3 aliphatic rings. The van der Waals surface area contributed by atoms with Gasteiger partial charge in [0.2, 0.25) is 0 Å². The van der Waals surface area contributed by atoms with Crippen LogP contribution in [-0.4, -0.2) is 143 Å². The molecule has 11 N–H and O–H groups in total. The number of carboxylic acids is 1. The SMILES string of the molecule is C.CC1OC(O[C@H]2/C=C/C=C/C=C/C=C/C=C/C=C/C=C/[C@H](C)[C@@H](O)[C@@H](C)[C@H](C)OC(=O)C[C@H](O)C[C@H](O)CC[C@@H](O)CC[C@H](O)C[C@]3(O)C[C@H](O)[C@@H](C(=O)O)[C@H](C2)O3)C(O)C(N)C1C. The van der Waals surface area contributed by atoms with Gasteiger partial charge in [0.1, 0.15) is 18.1 Å². The smallest absolute Gasteiger partial charge is 0.311 e. The summed E-state index contributed by atoms with van der Waals surface area (Å²) in [6.07, 6.45) is 10.7. The quantitative estimate of drug-likeness (QED) is 0.181. The third-order valence-corrected chi connectivity index (χ3v) is 12.4. The van der Waals surface area contributed by atoms with Crippen LogP contribution < -0.4 is 5.73 Å². The Bertz CT molecular complexity index is 1630. The van der Waals surface area contributed by atoms with Gasteiger partial charge in [-0.1, -0.05) is 113 Å². The number of hydrogen-bond acceptors (Lipinski definition) is 15. The summed E-state index contributed by atoms with van der Waals surface area (Å²) in [7, 11) is 0. The number of rotatable bonds is 3. The molecule has 65 heavy (non-hydrogen) atoms. The zero-order valence-corrected chi connectivity index (χ0v) is 37.8. The number of ether oxygens (including phenoxy) is 4. The van der Waals surface area contributed by atoms with E-state index in [9.17, 15) is 55.5 Å². The van der Waals surface area contributed by atoms with Crippen molar-refractivity contribution in [2.45, 2.75) is 185 Å². The van der Waals surface area contributed by atoms with Crippen molar-refractivity contribution in [1.82, 2.24) is 0 Å². The van der Waals surface area contributed by atoms with Gasteiger partial charge < -0.3 is 70.6 Å². The molecule has 3 aliphatic heterocycles. The summed E-state index contributed by atoms with van der Waals surface area (Å²) >= 11 is 0. The minimum atomic E-state index is -2.17. The van der Waals surface area contributed by atoms with E-state index in [0.29, 0.717) is 0 Å². The van der Waals surface area contributed by atoms with E-state index in [-0.39, 0.29) is 70.3 Å². The zero-order valence-electron chi connectivity index (χ0n) is 37.8. The van der Waals surface area contributed by atoms with Crippen molar-refractivity contribution in [2.75, 3.05) is 0 Å². The molecule has 0 radical (unpaired) electrons. The first kappa shape index (κ1) is 57.8. The average Bonchev–Trinajstić information content (AvgIpc) is 3.21. The van der Waals surface area contributed by atoms with Crippen molar-refractivity contribution in [3.8, 4) is 0 Å². The minimum absolute atomic E-state index is 0. The van der Waals surface area contributed by atoms with E-state index in [0.717, 1.165) is 0 Å². The summed E-state index contributed by atoms with van der Waals surface area (Å²) < 4.78 is 23.6. The van der Waals surface area contributed by atoms with Gasteiger partial charge in [-0.3, -0.25) is 9.59 Å². The second kappa shape index (κ2) is 28.7. The summed E-state index contributed by atoms with van der Waals surface area (Å²) in [4.78, 5) is 25.1. The molecule has 16 heteroatoms. The van der Waals surface area contributed by atoms with E-state index in [4.69, 9.17) is 24.7 Å². The van der Waals surface area contributed by atoms with Crippen molar-refractivity contribution in [1.29, 1.82) is 0 Å². The second-order valence-corrected chi connectivity index (χ2v) is 17.8. The maximum atomic E-state index is 12.6. The molecule has 0 aromatic rings. The standard InChI is InChI=1S/C48H75NO15.CH4/c1-29-18-16-14-12-10-8-6-7-9-11-13-15-17-19-38(63-47-45(57)43(49)30(2)32(4)62-47)26-40-42(46(58)59)39(54)28-48(60,64-40)27-36(52)23-21-34(50)20-22-35(51)24-37(53)25-41(55)61-33(5)31(3)44(29)56;/h6-19,29-40,42-45,47,50-54,56-57,60H,20-28,49H2,1-5H3,(H,58,59);1H4/b7-6+,10-8+,11-9+,14-12+,15-13+,18-16+,19-17+;/t29-,30?,31-,32?,33-,34+,35+,36-,37+,38-,39-,40-,42+,43?,44+,45?,47?,48+;/m0./s1. The Morgan fingerprint density at radius 2 is 1.20 bits per heavy atom. The Kier molecular flexibility index (Phi) is 25.5. The molecule has 16 nitrogen and oxygen atoms in total. The number of fused-ring (bicyclic) bond motifs is 2. The summed E-state index contributed by atoms with van der Waals surface area (Å²) in [5.74, 6) is -6.58. The monoisotopic (exact) mass is 922 g/mol. The number of aliphatic hydroxyl groups is 8. The number of aliphatic hydroxyl groups excluding tert-OH is 7. The Morgan fingerprint density at radius 1 is 0.677 bits per heavy atom. The fourth-order valence-electron chi connectivity index (χ4n) is 8.06. The highest BCUT2D eigenvalue weighted by atomic mass is 16.7. The van der Waals surface area contributed by atoms with E-state index in [1.807, 2.05) is 62.5 Å². The number of carboxylic acid groups (broad SMARTS) is 1. The third kappa shape index (κ3) is 19.8. The fraction of sp³-hybridized carbons (Fsp3) is 0.673. The molecule has 0 aliphatic carbocycles. The molecule has 0 aromatic heterocycles. The zero-order chi connectivity index (χ0) is 47.6. The first-order chi connectivity index (χ1) is 30.2. The molecule has 2 fully saturated rings. The van der Waals surface area contributed by atoms with Crippen LogP contribution >= 0.6 is 0 Å². The Hall–Kier alpha value is -3.36. The van der Waals surface area contributed by atoms with Gasteiger partial charge in [0.05, 0.1) is 61.4 Å². The molecular formula is C49H79NO15. The number of esters is 1. The van der Waals surface area contributed by atoms with Crippen LogP contribution in [0.1, 0.15) is 99.8 Å². The second-order valence-electron chi connectivity index (χ2n) is 17.8. The molecule has 2 saturated heterocycles. The molecule has 370 valence electrons. The average molecular weight is 922 g/mol. The largest absolute Gasteiger partial charge is 0.481 e. The number of cyclic esters (lactones) is 1. The maximum absolute atomic E-state index is 12.6. The Balaban J connectivity index is 0.0000145. The number of hydrogen-bond donors (Lipinski definition) is 10. The van der Waals surface area contributed by atoms with Crippen LogP contribution in [0.3, 0.4) is 0 Å². The van der Waals surface area contributed by atoms with Crippen LogP contribution in [-0.2, 0) is 28.5 Å². The van der Waals surface area contributed by atoms with Gasteiger partial charge in [-0.25, -0.2) is 0 Å². The van der Waals surface area contributed by atoms with E-state index in [1.54, 1.807) is 57.2 Å². The molecule has 0 amide bonds. The molecule has 0 aromatic carbocycles. The van der Waals surface area contributed by atoms with Gasteiger partial charge in [0, 0.05) is 37.1 Å². The first-order valence-electron chi connectivity index (χ1n) is 22.5. The highest BCUT2D eigenvalue weighted by Gasteiger charge is 2.50. The van der Waals surface area contributed by atoms with Gasteiger partial charge in [-0.2, -0.15) is 0 Å². The van der Waals surface area contributed by atoms with Gasteiger partial charge in [0.25, 0.3) is 0 Å². The van der Waals surface area contributed by atoms with Crippen LogP contribution in [0.25, 0.3) is 0 Å². The number of aliphatic carboxylic acids is 1. The van der Waals surface area contributed by atoms with Crippen LogP contribution in [0, 0.1) is 23.7 Å². The molecule has 2 bridgehead atoms. The lowest BCUT2D eigenvalue weighted by molar-refractivity contribution is -0.306. The minimum Gasteiger partial charge on any atom is -0.481 e. The summed E-state index contributed by atoms with van der Waals surface area (Å²) in [5, 5.41) is 97.3. The van der Waals surface area contributed by atoms with E-state index < -0.39 is 116 Å². The lowest BCUT2D eigenvalue weighted by Gasteiger charge is -2.45. The summed E-state index contributed by atoms with van der Waals surface area (Å²) in [6.45, 7) is 8.93. The lowest BCUT2D eigenvalue weighted by Crippen LogP contribution is -2.58. The van der Waals surface area contributed by atoms with Crippen molar-refractivity contribution in [3.63, 3.8) is 0 Å². The van der Waals surface area contributed by atoms with Gasteiger partial charge >= 0.3 is 11.9 Å². The summed E-state index contributed by atoms with van der Waals surface area (Å²) in [5.41, 5.74) is 6.27. The number of carbonyl (C=O) groups excluding carboxylic acids is 1. The molecule has 3 heterocycles. The van der Waals surface area contributed by atoms with Crippen LogP contribution in [0.15, 0.2) is 85.1 Å².